The Labute approximate surface area is 142 Å². The quantitative estimate of drug-likeness (QED) is 0.508. The second kappa shape index (κ2) is 9.20. The summed E-state index contributed by atoms with van der Waals surface area (Å²) < 4.78 is 10.4. The second-order valence-corrected chi connectivity index (χ2v) is 10.2. The van der Waals surface area contributed by atoms with Gasteiger partial charge in [0.25, 0.3) is 0 Å². The van der Waals surface area contributed by atoms with Crippen molar-refractivity contribution in [3.8, 4) is 11.5 Å². The van der Waals surface area contributed by atoms with Gasteiger partial charge in [-0.05, 0) is 0 Å². The summed E-state index contributed by atoms with van der Waals surface area (Å²) in [7, 11) is 3.41. The first-order chi connectivity index (χ1) is 10.7. The molecule has 0 saturated carbocycles. The van der Waals surface area contributed by atoms with Crippen molar-refractivity contribution < 1.29 is 9.47 Å². The van der Waals surface area contributed by atoms with Crippen LogP contribution in [-0.4, -0.2) is 42.1 Å². The summed E-state index contributed by atoms with van der Waals surface area (Å²) in [6.45, 7) is -0.0380. The number of rotatable bonds is 8. The van der Waals surface area contributed by atoms with Crippen molar-refractivity contribution >= 4 is 22.2 Å². The molecule has 0 aliphatic carbocycles. The molecule has 0 amide bonds. The van der Waals surface area contributed by atoms with Crippen molar-refractivity contribution in [3.63, 3.8) is 0 Å². The number of hydrogen-bond acceptors (Lipinski definition) is 2. The predicted molar refractivity (Wildman–Crippen MR) is 95.8 cm³/mol. The van der Waals surface area contributed by atoms with Gasteiger partial charge in [0.1, 0.15) is 0 Å². The molecule has 0 saturated heterocycles. The first-order valence-electron chi connectivity index (χ1n) is 7.39. The maximum absolute atomic E-state index is 5.19. The van der Waals surface area contributed by atoms with Crippen LogP contribution in [0.15, 0.2) is 48.5 Å². The SMILES string of the molecule is COc1ccc(CCP([Se])CCc2ccc(OC)cc2)cc1. The van der Waals surface area contributed by atoms with Gasteiger partial charge in [0, 0.05) is 0 Å². The Balaban J connectivity index is 1.73. The number of ether oxygens (including phenoxy) is 2. The Morgan fingerprint density at radius 1 is 0.727 bits per heavy atom. The van der Waals surface area contributed by atoms with Crippen LogP contribution >= 0.6 is 6.61 Å². The first kappa shape index (κ1) is 17.3. The Morgan fingerprint density at radius 3 is 1.41 bits per heavy atom. The fraction of sp³-hybridized carbons (Fsp3) is 0.333. The molecular formula is C18H22O2PSe. The summed E-state index contributed by atoms with van der Waals surface area (Å²) in [5.74, 6) is 1.85. The van der Waals surface area contributed by atoms with Gasteiger partial charge in [-0.25, -0.2) is 0 Å². The van der Waals surface area contributed by atoms with Gasteiger partial charge in [0.15, 0.2) is 0 Å². The number of aryl methyl sites for hydroxylation is 2. The van der Waals surface area contributed by atoms with Crippen LogP contribution in [0.1, 0.15) is 11.1 Å². The van der Waals surface area contributed by atoms with Gasteiger partial charge in [-0.1, -0.05) is 0 Å². The molecule has 0 unspecified atom stereocenters. The van der Waals surface area contributed by atoms with E-state index in [4.69, 9.17) is 9.47 Å². The molecule has 0 heterocycles. The zero-order chi connectivity index (χ0) is 15.8. The van der Waals surface area contributed by atoms with Crippen LogP contribution in [0, 0.1) is 0 Å². The molecule has 2 nitrogen and oxygen atoms in total. The molecule has 0 aromatic heterocycles. The Hall–Kier alpha value is -1.01. The molecule has 0 N–H and O–H groups in total. The van der Waals surface area contributed by atoms with E-state index in [-0.39, 0.29) is 6.61 Å². The number of hydrogen-bond donors (Lipinski definition) is 0. The van der Waals surface area contributed by atoms with E-state index in [1.165, 1.54) is 23.5 Å². The van der Waals surface area contributed by atoms with E-state index >= 15 is 0 Å². The average molecular weight is 380 g/mol. The van der Waals surface area contributed by atoms with Gasteiger partial charge < -0.3 is 0 Å². The zero-order valence-electron chi connectivity index (χ0n) is 13.1. The molecule has 0 bridgehead atoms. The van der Waals surface area contributed by atoms with Crippen molar-refractivity contribution in [2.75, 3.05) is 26.5 Å². The topological polar surface area (TPSA) is 18.5 Å². The average Bonchev–Trinajstić information content (AvgIpc) is 2.59. The van der Waals surface area contributed by atoms with Crippen LogP contribution in [0.5, 0.6) is 11.5 Å². The Morgan fingerprint density at radius 2 is 1.09 bits per heavy atom. The van der Waals surface area contributed by atoms with Gasteiger partial charge in [0.2, 0.25) is 0 Å². The van der Waals surface area contributed by atoms with Crippen LogP contribution < -0.4 is 9.47 Å². The normalized spacial score (nSPS) is 10.7. The van der Waals surface area contributed by atoms with Crippen LogP contribution in [0.3, 0.4) is 0 Å². The van der Waals surface area contributed by atoms with Gasteiger partial charge in [-0.3, -0.25) is 0 Å². The molecular weight excluding hydrogens is 358 g/mol. The number of methoxy groups -OCH3 is 2. The summed E-state index contributed by atoms with van der Waals surface area (Å²) in [5, 5.41) is 0. The molecule has 2 aromatic rings. The molecule has 0 aliphatic heterocycles. The molecule has 4 heteroatoms. The fourth-order valence-corrected chi connectivity index (χ4v) is 4.59. The molecule has 2 rings (SSSR count). The van der Waals surface area contributed by atoms with E-state index in [0.29, 0.717) is 0 Å². The van der Waals surface area contributed by atoms with Crippen molar-refractivity contribution in [2.24, 2.45) is 0 Å². The molecule has 0 atom stereocenters. The summed E-state index contributed by atoms with van der Waals surface area (Å²) in [4.78, 5) is 0. The third-order valence-corrected chi connectivity index (χ3v) is 7.36. The van der Waals surface area contributed by atoms with Crippen molar-refractivity contribution in [1.29, 1.82) is 0 Å². The molecule has 0 spiro atoms. The van der Waals surface area contributed by atoms with Crippen molar-refractivity contribution in [2.45, 2.75) is 12.8 Å². The van der Waals surface area contributed by atoms with Crippen LogP contribution in [0.4, 0.5) is 0 Å². The molecule has 0 aliphatic rings. The standard InChI is InChI=1S/C18H22O2PSe/c1-19-17-7-3-15(4-8-17)11-13-21(22)14-12-16-5-9-18(20-2)10-6-16/h3-10H,11-14H2,1-2H3. The van der Waals surface area contributed by atoms with E-state index in [2.05, 4.69) is 39.8 Å². The van der Waals surface area contributed by atoms with E-state index in [1.807, 2.05) is 24.3 Å². The minimum absolute atomic E-state index is 0.0380. The van der Waals surface area contributed by atoms with Crippen LogP contribution in [-0.2, 0) is 12.8 Å². The summed E-state index contributed by atoms with van der Waals surface area (Å²) in [6, 6.07) is 16.8. The summed E-state index contributed by atoms with van der Waals surface area (Å²) >= 11 is 3.38. The fourth-order valence-electron chi connectivity index (χ4n) is 2.20. The summed E-state index contributed by atoms with van der Waals surface area (Å²) in [6.07, 6.45) is 4.73. The van der Waals surface area contributed by atoms with E-state index < -0.39 is 0 Å². The van der Waals surface area contributed by atoms with Gasteiger partial charge in [0.05, 0.1) is 0 Å². The van der Waals surface area contributed by atoms with Gasteiger partial charge in [-0.15, -0.1) is 0 Å². The molecule has 22 heavy (non-hydrogen) atoms. The Bertz CT molecular complexity index is 503. The monoisotopic (exact) mass is 381 g/mol. The zero-order valence-corrected chi connectivity index (χ0v) is 15.7. The van der Waals surface area contributed by atoms with Crippen LogP contribution in [0.2, 0.25) is 0 Å². The first-order valence-corrected chi connectivity index (χ1v) is 11.3. The minimum atomic E-state index is -0.0380. The Kier molecular flexibility index (Phi) is 7.25. The molecule has 2 aromatic carbocycles. The molecule has 0 fully saturated rings. The van der Waals surface area contributed by atoms with Gasteiger partial charge in [-0.2, -0.15) is 0 Å². The van der Waals surface area contributed by atoms with Crippen LogP contribution in [0.25, 0.3) is 0 Å². The maximum atomic E-state index is 5.19. The third kappa shape index (κ3) is 5.65. The van der Waals surface area contributed by atoms with E-state index in [1.54, 1.807) is 14.2 Å². The van der Waals surface area contributed by atoms with Crippen molar-refractivity contribution in [1.82, 2.24) is 0 Å². The van der Waals surface area contributed by atoms with Crippen molar-refractivity contribution in [3.05, 3.63) is 59.7 Å². The summed E-state index contributed by atoms with van der Waals surface area (Å²) in [5.41, 5.74) is 2.76. The molecule has 117 valence electrons. The predicted octanol–water partition coefficient (Wildman–Crippen LogP) is 4.05. The second-order valence-electron chi connectivity index (χ2n) is 5.13. The van der Waals surface area contributed by atoms with E-state index in [0.717, 1.165) is 24.3 Å². The van der Waals surface area contributed by atoms with Gasteiger partial charge >= 0.3 is 142 Å². The van der Waals surface area contributed by atoms with E-state index in [9.17, 15) is 0 Å². The molecule has 1 radical (unpaired) electrons. The third-order valence-electron chi connectivity index (χ3n) is 3.62. The number of benzene rings is 2.